The van der Waals surface area contributed by atoms with Crippen LogP contribution in [-0.2, 0) is 4.52 Å². The molecule has 0 radical (unpaired) electrons. The highest BCUT2D eigenvalue weighted by Crippen LogP contribution is 2.31. The highest BCUT2D eigenvalue weighted by Gasteiger charge is 2.40. The van der Waals surface area contributed by atoms with Gasteiger partial charge in [-0.3, -0.25) is 4.52 Å². The van der Waals surface area contributed by atoms with Crippen molar-refractivity contribution >= 4 is 21.9 Å². The van der Waals surface area contributed by atoms with Crippen molar-refractivity contribution in [1.82, 2.24) is 0 Å². The summed E-state index contributed by atoms with van der Waals surface area (Å²) in [7, 11) is 2.23. The van der Waals surface area contributed by atoms with Crippen molar-refractivity contribution in [3.05, 3.63) is 60.7 Å². The van der Waals surface area contributed by atoms with Gasteiger partial charge in [0.1, 0.15) is 11.5 Å². The highest BCUT2D eigenvalue weighted by molar-refractivity contribution is 7.09. The van der Waals surface area contributed by atoms with Crippen LogP contribution in [0.5, 0.6) is 11.5 Å². The molecule has 1 atom stereocenters. The van der Waals surface area contributed by atoms with Crippen molar-refractivity contribution in [3.63, 3.8) is 0 Å². The van der Waals surface area contributed by atoms with Crippen molar-refractivity contribution in [2.75, 3.05) is 0 Å². The van der Waals surface area contributed by atoms with Gasteiger partial charge in [0.15, 0.2) is 0 Å². The van der Waals surface area contributed by atoms with Crippen LogP contribution in [0.25, 0.3) is 0 Å². The Hall–Kier alpha value is -1.28. The molecule has 21 heavy (non-hydrogen) atoms. The number of hydrogen-bond donors (Lipinski definition) is 0. The lowest BCUT2D eigenvalue weighted by Crippen LogP contribution is -2.48. The minimum atomic E-state index is -1.19. The second-order valence-corrected chi connectivity index (χ2v) is 4.94. The van der Waals surface area contributed by atoms with Crippen molar-refractivity contribution < 1.29 is 14.0 Å². The molecule has 0 spiro atoms. The molecule has 1 unspecified atom stereocenters. The average molecular weight is 327 g/mol. The number of hydrogen-bond acceptors (Lipinski definition) is 3. The van der Waals surface area contributed by atoms with Crippen LogP contribution in [0.4, 0.5) is 0 Å². The smallest absolute Gasteiger partial charge is 0.376 e. The van der Waals surface area contributed by atoms with Crippen LogP contribution in [0, 0.1) is 5.92 Å². The molecule has 0 bridgehead atoms. The van der Waals surface area contributed by atoms with Crippen molar-refractivity contribution in [3.8, 4) is 11.5 Å². The third-order valence-corrected chi connectivity index (χ3v) is 3.21. The Bertz CT molecular complexity index is 478. The number of para-hydroxylation sites is 2. The minimum Gasteiger partial charge on any atom is -0.430 e. The second kappa shape index (κ2) is 8.23. The summed E-state index contributed by atoms with van der Waals surface area (Å²) in [6.07, 6.45) is 0. The molecule has 0 amide bonds. The fourth-order valence-electron chi connectivity index (χ4n) is 1.75. The quantitative estimate of drug-likeness (QED) is 0.569. The normalized spacial score (nSPS) is 10.9. The Balaban J connectivity index is 0.00000220. The highest BCUT2D eigenvalue weighted by atomic mass is 35.5. The molecular weight excluding hydrogens is 307 g/mol. The molecule has 0 saturated carbocycles. The van der Waals surface area contributed by atoms with Gasteiger partial charge in [0.2, 0.25) is 0 Å². The summed E-state index contributed by atoms with van der Waals surface area (Å²) >= 11 is 0. The third kappa shape index (κ3) is 4.60. The molecule has 2 aromatic rings. The monoisotopic (exact) mass is 326 g/mol. The van der Waals surface area contributed by atoms with Gasteiger partial charge in [-0.05, 0) is 24.3 Å². The molecule has 0 N–H and O–H groups in total. The van der Waals surface area contributed by atoms with Gasteiger partial charge in [0.25, 0.3) is 0 Å². The lowest BCUT2D eigenvalue weighted by Gasteiger charge is -2.35. The maximum atomic E-state index is 5.95. The van der Waals surface area contributed by atoms with E-state index in [0.29, 0.717) is 11.5 Å². The molecular formula is C16H20ClO3P. The summed E-state index contributed by atoms with van der Waals surface area (Å²) in [5.41, 5.74) is 0. The third-order valence-electron chi connectivity index (χ3n) is 2.88. The lowest BCUT2D eigenvalue weighted by molar-refractivity contribution is -0.273. The minimum absolute atomic E-state index is 0. The van der Waals surface area contributed by atoms with E-state index in [-0.39, 0.29) is 18.3 Å². The molecule has 2 rings (SSSR count). The number of benzene rings is 2. The first kappa shape index (κ1) is 17.8. The van der Waals surface area contributed by atoms with E-state index >= 15 is 0 Å². The van der Waals surface area contributed by atoms with Crippen LogP contribution in [-0.4, -0.2) is 5.97 Å². The Kier molecular flexibility index (Phi) is 6.97. The molecule has 0 aromatic heterocycles. The van der Waals surface area contributed by atoms with E-state index in [1.807, 2.05) is 74.5 Å². The molecule has 0 heterocycles. The van der Waals surface area contributed by atoms with Crippen LogP contribution in [0.2, 0.25) is 0 Å². The Labute approximate surface area is 134 Å². The van der Waals surface area contributed by atoms with Gasteiger partial charge in [-0.1, -0.05) is 50.2 Å². The molecule has 5 heteroatoms. The summed E-state index contributed by atoms with van der Waals surface area (Å²) in [5, 5.41) is 0. The van der Waals surface area contributed by atoms with Crippen LogP contribution in [0.3, 0.4) is 0 Å². The fraction of sp³-hybridized carbons (Fsp3) is 0.250. The van der Waals surface area contributed by atoms with E-state index in [4.69, 9.17) is 14.0 Å². The van der Waals surface area contributed by atoms with E-state index in [0.717, 1.165) is 0 Å². The molecule has 0 aliphatic carbocycles. The van der Waals surface area contributed by atoms with E-state index in [9.17, 15) is 0 Å². The van der Waals surface area contributed by atoms with Gasteiger partial charge < -0.3 is 9.47 Å². The topological polar surface area (TPSA) is 27.7 Å². The predicted molar refractivity (Wildman–Crippen MR) is 89.8 cm³/mol. The zero-order chi connectivity index (χ0) is 14.4. The predicted octanol–water partition coefficient (Wildman–Crippen LogP) is 4.68. The molecule has 0 aliphatic heterocycles. The summed E-state index contributed by atoms with van der Waals surface area (Å²) in [4.78, 5) is 0. The fourth-order valence-corrected chi connectivity index (χ4v) is 2.11. The largest absolute Gasteiger partial charge is 0.430 e. The maximum absolute atomic E-state index is 5.95. The first-order valence-electron chi connectivity index (χ1n) is 6.52. The first-order valence-corrected chi connectivity index (χ1v) is 6.99. The number of halogens is 1. The van der Waals surface area contributed by atoms with E-state index < -0.39 is 5.97 Å². The van der Waals surface area contributed by atoms with Gasteiger partial charge in [-0.2, -0.15) is 0 Å². The Morgan fingerprint density at radius 1 is 0.810 bits per heavy atom. The summed E-state index contributed by atoms with van der Waals surface area (Å²) in [6, 6.07) is 19.0. The summed E-state index contributed by atoms with van der Waals surface area (Å²) in [5.74, 6) is 0.187. The standard InChI is InChI=1S/C16H19O3P.ClH/c1-13(2)16(19-20,17-14-9-5-3-6-10-14)18-15-11-7-4-8-12-15;/h3-13H,20H2,1-2H3;1H. The summed E-state index contributed by atoms with van der Waals surface area (Å²) in [6.45, 7) is 3.96. The van der Waals surface area contributed by atoms with E-state index in [1.54, 1.807) is 0 Å². The molecule has 0 aliphatic rings. The molecule has 3 nitrogen and oxygen atoms in total. The van der Waals surface area contributed by atoms with Crippen molar-refractivity contribution in [2.45, 2.75) is 19.8 Å². The number of ether oxygens (including phenoxy) is 2. The van der Waals surface area contributed by atoms with Crippen molar-refractivity contribution in [2.24, 2.45) is 5.92 Å². The average Bonchev–Trinajstić information content (AvgIpc) is 2.48. The Morgan fingerprint density at radius 3 is 1.48 bits per heavy atom. The van der Waals surface area contributed by atoms with E-state index in [1.165, 1.54) is 0 Å². The van der Waals surface area contributed by atoms with Gasteiger partial charge in [-0.25, -0.2) is 0 Å². The maximum Gasteiger partial charge on any atom is 0.376 e. The van der Waals surface area contributed by atoms with E-state index in [2.05, 4.69) is 9.47 Å². The lowest BCUT2D eigenvalue weighted by atomic mass is 10.1. The molecule has 114 valence electrons. The van der Waals surface area contributed by atoms with Gasteiger partial charge >= 0.3 is 5.97 Å². The van der Waals surface area contributed by atoms with Gasteiger partial charge in [0.05, 0.1) is 5.92 Å². The van der Waals surface area contributed by atoms with Crippen LogP contribution in [0.15, 0.2) is 60.7 Å². The van der Waals surface area contributed by atoms with Crippen LogP contribution < -0.4 is 9.47 Å². The van der Waals surface area contributed by atoms with Crippen molar-refractivity contribution in [1.29, 1.82) is 0 Å². The van der Waals surface area contributed by atoms with Crippen LogP contribution >= 0.6 is 21.9 Å². The summed E-state index contributed by atoms with van der Waals surface area (Å²) < 4.78 is 17.4. The van der Waals surface area contributed by atoms with Gasteiger partial charge in [0, 0.05) is 9.47 Å². The van der Waals surface area contributed by atoms with Crippen LogP contribution in [0.1, 0.15) is 13.8 Å². The number of rotatable bonds is 6. The molecule has 0 fully saturated rings. The SMILES string of the molecule is CC(C)C(OP)(Oc1ccccc1)Oc1ccccc1.Cl. The zero-order valence-corrected chi connectivity index (χ0v) is 14.0. The molecule has 0 saturated heterocycles. The van der Waals surface area contributed by atoms with Gasteiger partial charge in [-0.15, -0.1) is 12.4 Å². The Morgan fingerprint density at radius 2 is 1.19 bits per heavy atom. The second-order valence-electron chi connectivity index (χ2n) is 4.71. The molecule has 2 aromatic carbocycles. The zero-order valence-electron chi connectivity index (χ0n) is 12.1. The first-order chi connectivity index (χ1) is 9.66.